The van der Waals surface area contributed by atoms with Gasteiger partial charge in [0.1, 0.15) is 16.7 Å². The van der Waals surface area contributed by atoms with E-state index in [0.717, 1.165) is 16.9 Å². The van der Waals surface area contributed by atoms with Crippen LogP contribution in [0.1, 0.15) is 18.5 Å². The summed E-state index contributed by atoms with van der Waals surface area (Å²) in [5.41, 5.74) is 6.04. The summed E-state index contributed by atoms with van der Waals surface area (Å²) < 4.78 is 12.8. The molecule has 0 saturated carbocycles. The molecular weight excluding hydrogens is 462 g/mol. The molecule has 3 aromatic carbocycles. The van der Waals surface area contributed by atoms with Crippen molar-refractivity contribution in [1.82, 2.24) is 14.9 Å². The Bertz CT molecular complexity index is 1310. The summed E-state index contributed by atoms with van der Waals surface area (Å²) in [6.07, 6.45) is 0. The maximum Gasteiger partial charge on any atom is 0.240 e. The predicted molar refractivity (Wildman–Crippen MR) is 136 cm³/mol. The van der Waals surface area contributed by atoms with Crippen LogP contribution in [-0.4, -0.2) is 39.7 Å². The first kappa shape index (κ1) is 22.8. The zero-order valence-electron chi connectivity index (χ0n) is 19.3. The third kappa shape index (κ3) is 4.81. The lowest BCUT2D eigenvalue weighted by Crippen LogP contribution is -2.41. The maximum absolute atomic E-state index is 13.5. The van der Waals surface area contributed by atoms with E-state index >= 15 is 0 Å². The molecule has 2 atom stereocenters. The highest BCUT2D eigenvalue weighted by Gasteiger charge is 2.38. The normalized spacial score (nSPS) is 16.6. The van der Waals surface area contributed by atoms with E-state index in [1.807, 2.05) is 84.4 Å². The van der Waals surface area contributed by atoms with Gasteiger partial charge < -0.3 is 20.2 Å². The fraction of sp³-hybridized carbons (Fsp3) is 0.192. The summed E-state index contributed by atoms with van der Waals surface area (Å²) in [5, 5.41) is 11.9. The average molecular weight is 488 g/mol. The number of rotatable bonds is 7. The minimum absolute atomic E-state index is 0.148. The molecule has 35 heavy (non-hydrogen) atoms. The molecule has 9 heteroatoms. The van der Waals surface area contributed by atoms with Gasteiger partial charge in [-0.05, 0) is 36.8 Å². The van der Waals surface area contributed by atoms with Crippen molar-refractivity contribution in [3.8, 4) is 22.9 Å². The molecule has 178 valence electrons. The second-order valence-electron chi connectivity index (χ2n) is 7.88. The number of fused-ring (bicyclic) bond motifs is 1. The number of hydrogen-bond acceptors (Lipinski definition) is 7. The van der Waals surface area contributed by atoms with Crippen molar-refractivity contribution in [2.75, 3.05) is 24.5 Å². The van der Waals surface area contributed by atoms with Gasteiger partial charge in [-0.3, -0.25) is 4.79 Å². The Morgan fingerprint density at radius 1 is 1.03 bits per heavy atom. The number of nitrogens with one attached hydrogen (secondary N) is 2. The third-order valence-corrected chi connectivity index (χ3v) is 6.83. The summed E-state index contributed by atoms with van der Waals surface area (Å²) in [4.78, 5) is 13.5. The van der Waals surface area contributed by atoms with Crippen LogP contribution in [0.2, 0.25) is 0 Å². The van der Waals surface area contributed by atoms with Crippen LogP contribution in [0, 0.1) is 0 Å². The van der Waals surface area contributed by atoms with Gasteiger partial charge in [0.2, 0.25) is 11.1 Å². The number of thioether (sulfide) groups is 1. The van der Waals surface area contributed by atoms with E-state index < -0.39 is 5.25 Å². The first-order valence-corrected chi connectivity index (χ1v) is 12.2. The Labute approximate surface area is 207 Å². The molecule has 1 aliphatic heterocycles. The molecule has 0 unspecified atom stereocenters. The molecule has 0 fully saturated rings. The van der Waals surface area contributed by atoms with Crippen LogP contribution >= 0.6 is 11.8 Å². The first-order chi connectivity index (χ1) is 17.2. The summed E-state index contributed by atoms with van der Waals surface area (Å²) in [7, 11) is 1.60. The fourth-order valence-corrected chi connectivity index (χ4v) is 5.01. The summed E-state index contributed by atoms with van der Waals surface area (Å²) in [6, 6.07) is 24.6. The minimum atomic E-state index is -0.500. The summed E-state index contributed by atoms with van der Waals surface area (Å²) >= 11 is 1.38. The van der Waals surface area contributed by atoms with Crippen molar-refractivity contribution in [3.63, 3.8) is 0 Å². The quantitative estimate of drug-likeness (QED) is 0.389. The van der Waals surface area contributed by atoms with Gasteiger partial charge in [0.25, 0.3) is 0 Å². The SMILES string of the molecule is CCOc1ccc([C@H]2Nn3c(nnc3-c3ccccc3)S[C@@H]2C(=O)Nc2cccc(OC)c2)cc1. The molecule has 0 aliphatic carbocycles. The topological polar surface area (TPSA) is 90.3 Å². The minimum Gasteiger partial charge on any atom is -0.497 e. The van der Waals surface area contributed by atoms with Crippen molar-refractivity contribution in [1.29, 1.82) is 0 Å². The second kappa shape index (κ2) is 10.1. The highest BCUT2D eigenvalue weighted by atomic mass is 32.2. The molecule has 1 aromatic heterocycles. The average Bonchev–Trinajstić information content (AvgIpc) is 3.32. The number of methoxy groups -OCH3 is 1. The molecule has 4 aromatic rings. The van der Waals surface area contributed by atoms with Gasteiger partial charge in [0, 0.05) is 17.3 Å². The number of ether oxygens (including phenoxy) is 2. The number of anilines is 1. The largest absolute Gasteiger partial charge is 0.497 e. The maximum atomic E-state index is 13.5. The summed E-state index contributed by atoms with van der Waals surface area (Å²) in [5.74, 6) is 2.00. The standard InChI is InChI=1S/C26H25N5O3S/c1-3-34-20-14-12-17(13-15-20)22-23(25(32)27-19-10-7-11-21(16-19)33-2)35-26-29-28-24(31(26)30-22)18-8-5-4-6-9-18/h4-16,22-23,30H,3H2,1-2H3,(H,27,32)/t22-,23+/m1/s1. The van der Waals surface area contributed by atoms with E-state index in [1.54, 1.807) is 13.2 Å². The van der Waals surface area contributed by atoms with Gasteiger partial charge in [-0.25, -0.2) is 4.68 Å². The van der Waals surface area contributed by atoms with E-state index in [2.05, 4.69) is 20.9 Å². The number of amides is 1. The fourth-order valence-electron chi connectivity index (χ4n) is 3.93. The van der Waals surface area contributed by atoms with E-state index in [4.69, 9.17) is 9.47 Å². The number of nitrogens with zero attached hydrogens (tertiary/aromatic N) is 3. The van der Waals surface area contributed by atoms with Gasteiger partial charge in [-0.15, -0.1) is 10.2 Å². The van der Waals surface area contributed by atoms with E-state index in [-0.39, 0.29) is 11.9 Å². The van der Waals surface area contributed by atoms with Crippen molar-refractivity contribution in [3.05, 3.63) is 84.4 Å². The molecule has 0 bridgehead atoms. The van der Waals surface area contributed by atoms with Gasteiger partial charge in [-0.2, -0.15) is 0 Å². The lowest BCUT2D eigenvalue weighted by molar-refractivity contribution is -0.116. The Balaban J connectivity index is 1.49. The molecule has 1 aliphatic rings. The third-order valence-electron chi connectivity index (χ3n) is 5.61. The molecule has 8 nitrogen and oxygen atoms in total. The number of aromatic nitrogens is 3. The monoisotopic (exact) mass is 487 g/mol. The molecule has 2 N–H and O–H groups in total. The smallest absolute Gasteiger partial charge is 0.240 e. The van der Waals surface area contributed by atoms with Gasteiger partial charge in [-0.1, -0.05) is 60.3 Å². The van der Waals surface area contributed by atoms with Crippen molar-refractivity contribution in [2.24, 2.45) is 0 Å². The first-order valence-electron chi connectivity index (χ1n) is 11.3. The van der Waals surface area contributed by atoms with Crippen LogP contribution in [0.4, 0.5) is 5.69 Å². The van der Waals surface area contributed by atoms with Crippen molar-refractivity contribution in [2.45, 2.75) is 23.4 Å². The zero-order chi connectivity index (χ0) is 24.2. The molecular formula is C26H25N5O3S. The van der Waals surface area contributed by atoms with Gasteiger partial charge >= 0.3 is 0 Å². The molecule has 1 amide bonds. The Morgan fingerprint density at radius 2 is 1.83 bits per heavy atom. The Hall–Kier alpha value is -3.98. The predicted octanol–water partition coefficient (Wildman–Crippen LogP) is 4.75. The molecule has 5 rings (SSSR count). The molecule has 0 radical (unpaired) electrons. The highest BCUT2D eigenvalue weighted by molar-refractivity contribution is 8.00. The Morgan fingerprint density at radius 3 is 2.57 bits per heavy atom. The summed E-state index contributed by atoms with van der Waals surface area (Å²) in [6.45, 7) is 2.54. The molecule has 2 heterocycles. The van der Waals surface area contributed by atoms with E-state index in [0.29, 0.717) is 29.0 Å². The number of carbonyl (C=O) groups is 1. The zero-order valence-corrected chi connectivity index (χ0v) is 20.2. The van der Waals surface area contributed by atoms with E-state index in [9.17, 15) is 4.79 Å². The molecule has 0 spiro atoms. The van der Waals surface area contributed by atoms with Crippen LogP contribution in [0.25, 0.3) is 11.4 Å². The second-order valence-corrected chi connectivity index (χ2v) is 8.98. The Kier molecular flexibility index (Phi) is 6.58. The number of benzene rings is 3. The lowest BCUT2D eigenvalue weighted by atomic mass is 10.0. The van der Waals surface area contributed by atoms with Crippen LogP contribution in [0.15, 0.2) is 84.0 Å². The molecule has 0 saturated heterocycles. The van der Waals surface area contributed by atoms with E-state index in [1.165, 1.54) is 11.8 Å². The van der Waals surface area contributed by atoms with Crippen LogP contribution < -0.4 is 20.2 Å². The van der Waals surface area contributed by atoms with Crippen LogP contribution in [0.5, 0.6) is 11.5 Å². The van der Waals surface area contributed by atoms with Crippen LogP contribution in [0.3, 0.4) is 0 Å². The van der Waals surface area contributed by atoms with Gasteiger partial charge in [0.05, 0.1) is 19.8 Å². The lowest BCUT2D eigenvalue weighted by Gasteiger charge is -2.33. The highest BCUT2D eigenvalue weighted by Crippen LogP contribution is 2.39. The van der Waals surface area contributed by atoms with Crippen molar-refractivity contribution < 1.29 is 14.3 Å². The number of hydrogen-bond donors (Lipinski definition) is 2. The number of carbonyl (C=O) groups excluding carboxylic acids is 1. The van der Waals surface area contributed by atoms with Crippen LogP contribution in [-0.2, 0) is 4.79 Å². The van der Waals surface area contributed by atoms with Gasteiger partial charge in [0.15, 0.2) is 5.82 Å². The van der Waals surface area contributed by atoms with Crippen molar-refractivity contribution >= 4 is 23.4 Å².